The Kier molecular flexibility index (Phi) is 6.16. The molecule has 5 heteroatoms. The van der Waals surface area contributed by atoms with E-state index >= 15 is 0 Å². The maximum Gasteiger partial charge on any atom is 0.313 e. The lowest BCUT2D eigenvalue weighted by atomic mass is 9.93. The van der Waals surface area contributed by atoms with Gasteiger partial charge in [0.15, 0.2) is 0 Å². The van der Waals surface area contributed by atoms with Gasteiger partial charge in [-0.25, -0.2) is 0 Å². The molecule has 0 bridgehead atoms. The van der Waals surface area contributed by atoms with E-state index in [2.05, 4.69) is 10.1 Å². The van der Waals surface area contributed by atoms with Crippen molar-refractivity contribution in [2.45, 2.75) is 40.2 Å². The zero-order valence-corrected chi connectivity index (χ0v) is 11.4. The summed E-state index contributed by atoms with van der Waals surface area (Å²) >= 11 is 0. The van der Waals surface area contributed by atoms with E-state index < -0.39 is 11.5 Å². The van der Waals surface area contributed by atoms with E-state index in [0.29, 0.717) is 12.3 Å². The molecular formula is C12H24N2O3. The van der Waals surface area contributed by atoms with Crippen molar-refractivity contribution in [3.8, 4) is 0 Å². The average Bonchev–Trinajstić information content (AvgIpc) is 2.23. The summed E-state index contributed by atoms with van der Waals surface area (Å²) in [6, 6.07) is -0.525. The predicted molar refractivity (Wildman–Crippen MR) is 66.2 cm³/mol. The molecule has 3 N–H and O–H groups in total. The monoisotopic (exact) mass is 244 g/mol. The molecule has 0 heterocycles. The Hall–Kier alpha value is -1.10. The van der Waals surface area contributed by atoms with Crippen LogP contribution in [0.2, 0.25) is 0 Å². The molecule has 0 saturated carbocycles. The fourth-order valence-corrected chi connectivity index (χ4v) is 1.40. The summed E-state index contributed by atoms with van der Waals surface area (Å²) in [4.78, 5) is 23.0. The van der Waals surface area contributed by atoms with E-state index in [4.69, 9.17) is 5.73 Å². The molecule has 0 rings (SSSR count). The van der Waals surface area contributed by atoms with Crippen LogP contribution in [-0.2, 0) is 14.3 Å². The van der Waals surface area contributed by atoms with Crippen molar-refractivity contribution < 1.29 is 14.3 Å². The molecule has 100 valence electrons. The van der Waals surface area contributed by atoms with Crippen LogP contribution < -0.4 is 11.1 Å². The standard InChI is InChI=1S/C12H24N2O3/c1-8(2)6-9(13)10(15)14-7-12(3,4)11(16)17-5/h8-9H,6-7,13H2,1-5H3,(H,14,15)/t9-/m0/s1. The van der Waals surface area contributed by atoms with Crippen LogP contribution >= 0.6 is 0 Å². The van der Waals surface area contributed by atoms with Crippen molar-refractivity contribution in [2.24, 2.45) is 17.1 Å². The van der Waals surface area contributed by atoms with Gasteiger partial charge >= 0.3 is 5.97 Å². The molecule has 0 aliphatic rings. The zero-order valence-electron chi connectivity index (χ0n) is 11.4. The maximum absolute atomic E-state index is 11.6. The van der Waals surface area contributed by atoms with Crippen LogP contribution in [0.4, 0.5) is 0 Å². The number of nitrogens with two attached hydrogens (primary N) is 1. The van der Waals surface area contributed by atoms with Gasteiger partial charge < -0.3 is 15.8 Å². The van der Waals surface area contributed by atoms with Gasteiger partial charge in [0.25, 0.3) is 0 Å². The fraction of sp³-hybridized carbons (Fsp3) is 0.833. The Morgan fingerprint density at radius 3 is 2.29 bits per heavy atom. The van der Waals surface area contributed by atoms with Gasteiger partial charge in [-0.2, -0.15) is 0 Å². The van der Waals surface area contributed by atoms with Gasteiger partial charge in [0.1, 0.15) is 0 Å². The molecule has 0 aromatic heterocycles. The summed E-state index contributed by atoms with van der Waals surface area (Å²) in [7, 11) is 1.33. The Morgan fingerprint density at radius 1 is 1.35 bits per heavy atom. The second kappa shape index (κ2) is 6.59. The molecule has 0 spiro atoms. The van der Waals surface area contributed by atoms with Crippen molar-refractivity contribution in [1.29, 1.82) is 0 Å². The third-order valence-electron chi connectivity index (χ3n) is 2.50. The minimum atomic E-state index is -0.734. The topological polar surface area (TPSA) is 81.4 Å². The Morgan fingerprint density at radius 2 is 1.88 bits per heavy atom. The molecule has 1 amide bonds. The summed E-state index contributed by atoms with van der Waals surface area (Å²) in [6.45, 7) is 7.67. The second-order valence-corrected chi connectivity index (χ2v) is 5.33. The summed E-state index contributed by atoms with van der Waals surface area (Å²) in [5.41, 5.74) is 4.99. The number of carbonyl (C=O) groups excluding carboxylic acids is 2. The summed E-state index contributed by atoms with van der Waals surface area (Å²) in [5.74, 6) is -0.213. The van der Waals surface area contributed by atoms with Crippen LogP contribution in [0.25, 0.3) is 0 Å². The third kappa shape index (κ3) is 5.68. The van der Waals surface area contributed by atoms with Gasteiger partial charge in [0, 0.05) is 6.54 Å². The minimum Gasteiger partial charge on any atom is -0.469 e. The van der Waals surface area contributed by atoms with Crippen LogP contribution in [-0.4, -0.2) is 31.6 Å². The van der Waals surface area contributed by atoms with Crippen molar-refractivity contribution >= 4 is 11.9 Å². The van der Waals surface area contributed by atoms with Crippen LogP contribution in [0.15, 0.2) is 0 Å². The smallest absolute Gasteiger partial charge is 0.313 e. The molecule has 0 aromatic rings. The zero-order chi connectivity index (χ0) is 13.6. The fourth-order valence-electron chi connectivity index (χ4n) is 1.40. The van der Waals surface area contributed by atoms with E-state index in [-0.39, 0.29) is 18.4 Å². The lowest BCUT2D eigenvalue weighted by Gasteiger charge is -2.23. The highest BCUT2D eigenvalue weighted by Crippen LogP contribution is 2.15. The predicted octanol–water partition coefficient (Wildman–Crippen LogP) is 0.675. The van der Waals surface area contributed by atoms with Gasteiger partial charge in [-0.1, -0.05) is 13.8 Å². The first-order valence-corrected chi connectivity index (χ1v) is 5.82. The van der Waals surface area contributed by atoms with Gasteiger partial charge in [0.05, 0.1) is 18.6 Å². The van der Waals surface area contributed by atoms with Gasteiger partial charge in [0.2, 0.25) is 5.91 Å². The van der Waals surface area contributed by atoms with E-state index in [9.17, 15) is 9.59 Å². The Balaban J connectivity index is 4.19. The number of hydrogen-bond acceptors (Lipinski definition) is 4. The first-order valence-electron chi connectivity index (χ1n) is 5.82. The van der Waals surface area contributed by atoms with Crippen LogP contribution in [0.3, 0.4) is 0 Å². The molecule has 0 radical (unpaired) electrons. The number of carbonyl (C=O) groups is 2. The lowest BCUT2D eigenvalue weighted by Crippen LogP contribution is -2.46. The first-order chi connectivity index (χ1) is 7.70. The summed E-state index contributed by atoms with van der Waals surface area (Å²) in [5, 5.41) is 2.68. The largest absolute Gasteiger partial charge is 0.469 e. The molecule has 0 unspecified atom stereocenters. The molecule has 5 nitrogen and oxygen atoms in total. The quantitative estimate of drug-likeness (QED) is 0.673. The molecule has 1 atom stereocenters. The van der Waals surface area contributed by atoms with Crippen LogP contribution in [0, 0.1) is 11.3 Å². The van der Waals surface area contributed by atoms with E-state index in [0.717, 1.165) is 0 Å². The van der Waals surface area contributed by atoms with Crippen molar-refractivity contribution in [3.05, 3.63) is 0 Å². The third-order valence-corrected chi connectivity index (χ3v) is 2.50. The first kappa shape index (κ1) is 15.9. The van der Waals surface area contributed by atoms with Crippen LogP contribution in [0.1, 0.15) is 34.1 Å². The number of methoxy groups -OCH3 is 1. The molecule has 0 saturated heterocycles. The number of hydrogen-bond donors (Lipinski definition) is 2. The molecule has 0 aromatic carbocycles. The van der Waals surface area contributed by atoms with Crippen LogP contribution in [0.5, 0.6) is 0 Å². The highest BCUT2D eigenvalue weighted by molar-refractivity contribution is 5.83. The summed E-state index contributed by atoms with van der Waals surface area (Å²) < 4.78 is 4.65. The molecule has 17 heavy (non-hydrogen) atoms. The van der Waals surface area contributed by atoms with E-state index in [1.165, 1.54) is 7.11 Å². The van der Waals surface area contributed by atoms with Gasteiger partial charge in [-0.3, -0.25) is 9.59 Å². The average molecular weight is 244 g/mol. The molecule has 0 aliphatic heterocycles. The summed E-state index contributed by atoms with van der Waals surface area (Å²) in [6.07, 6.45) is 0.629. The Labute approximate surface area is 103 Å². The molecule has 0 aliphatic carbocycles. The number of rotatable bonds is 6. The van der Waals surface area contributed by atoms with Crippen molar-refractivity contribution in [1.82, 2.24) is 5.32 Å². The maximum atomic E-state index is 11.6. The number of amides is 1. The Bertz CT molecular complexity index is 275. The number of ether oxygens (including phenoxy) is 1. The normalized spacial score (nSPS) is 13.4. The van der Waals surface area contributed by atoms with Crippen molar-refractivity contribution in [2.75, 3.05) is 13.7 Å². The minimum absolute atomic E-state index is 0.226. The highest BCUT2D eigenvalue weighted by Gasteiger charge is 2.29. The lowest BCUT2D eigenvalue weighted by molar-refractivity contribution is -0.150. The van der Waals surface area contributed by atoms with Gasteiger partial charge in [-0.15, -0.1) is 0 Å². The number of esters is 1. The van der Waals surface area contributed by atoms with Crippen molar-refractivity contribution in [3.63, 3.8) is 0 Å². The number of nitrogens with one attached hydrogen (secondary N) is 1. The highest BCUT2D eigenvalue weighted by atomic mass is 16.5. The molecular weight excluding hydrogens is 220 g/mol. The second-order valence-electron chi connectivity index (χ2n) is 5.33. The molecule has 0 fully saturated rings. The SMILES string of the molecule is COC(=O)C(C)(C)CNC(=O)[C@@H](N)CC(C)C. The van der Waals surface area contributed by atoms with E-state index in [1.54, 1.807) is 13.8 Å². The van der Waals surface area contributed by atoms with Gasteiger partial charge in [-0.05, 0) is 26.2 Å². The van der Waals surface area contributed by atoms with E-state index in [1.807, 2.05) is 13.8 Å².